The number of methoxy groups -OCH3 is 1. The second-order valence-electron chi connectivity index (χ2n) is 4.74. The summed E-state index contributed by atoms with van der Waals surface area (Å²) >= 11 is 0. The van der Waals surface area contributed by atoms with Crippen molar-refractivity contribution in [3.63, 3.8) is 0 Å². The smallest absolute Gasteiger partial charge is 0.254 e. The summed E-state index contributed by atoms with van der Waals surface area (Å²) in [6, 6.07) is 4.69. The summed E-state index contributed by atoms with van der Waals surface area (Å²) < 4.78 is 4.94. The minimum absolute atomic E-state index is 0.0279. The van der Waals surface area contributed by atoms with Crippen LogP contribution in [0.5, 0.6) is 11.5 Å². The second-order valence-corrected chi connectivity index (χ2v) is 4.74. The third-order valence-corrected chi connectivity index (χ3v) is 3.38. The van der Waals surface area contributed by atoms with E-state index >= 15 is 0 Å². The maximum absolute atomic E-state index is 12.2. The Bertz CT molecular complexity index is 452. The number of hydrogen-bond acceptors (Lipinski definition) is 4. The van der Waals surface area contributed by atoms with Gasteiger partial charge in [0.2, 0.25) is 0 Å². The summed E-state index contributed by atoms with van der Waals surface area (Å²) in [5.74, 6) is 0.534. The number of carbonyl (C=O) groups is 1. The molecule has 0 radical (unpaired) electrons. The van der Waals surface area contributed by atoms with Gasteiger partial charge in [0, 0.05) is 24.7 Å². The molecule has 18 heavy (non-hydrogen) atoms. The predicted molar refractivity (Wildman–Crippen MR) is 67.7 cm³/mol. The summed E-state index contributed by atoms with van der Waals surface area (Å²) in [6.07, 6.45) is 0. The van der Waals surface area contributed by atoms with E-state index in [4.69, 9.17) is 10.5 Å². The number of amides is 1. The van der Waals surface area contributed by atoms with Crippen LogP contribution in [0.2, 0.25) is 0 Å². The Hall–Kier alpha value is -1.75. The summed E-state index contributed by atoms with van der Waals surface area (Å²) in [6.45, 7) is 3.25. The number of hydrogen-bond donors (Lipinski definition) is 2. The van der Waals surface area contributed by atoms with Crippen molar-refractivity contribution in [2.45, 2.75) is 13.0 Å². The number of nitrogens with two attached hydrogens (primary N) is 1. The first-order chi connectivity index (χ1) is 8.52. The first kappa shape index (κ1) is 12.7. The second kappa shape index (κ2) is 4.86. The SMILES string of the molecule is COc1ccc(C(=O)N2CC(C)C(N)C2)cc1O. The van der Waals surface area contributed by atoms with Gasteiger partial charge in [-0.1, -0.05) is 6.92 Å². The first-order valence-corrected chi connectivity index (χ1v) is 5.94. The van der Waals surface area contributed by atoms with Crippen LogP contribution in [-0.4, -0.2) is 42.2 Å². The Labute approximate surface area is 106 Å². The Balaban J connectivity index is 2.17. The van der Waals surface area contributed by atoms with Crippen LogP contribution in [0, 0.1) is 5.92 Å². The van der Waals surface area contributed by atoms with Gasteiger partial charge in [-0.25, -0.2) is 0 Å². The molecule has 0 bridgehead atoms. The molecule has 2 unspecified atom stereocenters. The van der Waals surface area contributed by atoms with Crippen LogP contribution in [0.1, 0.15) is 17.3 Å². The lowest BCUT2D eigenvalue weighted by Crippen LogP contribution is -2.32. The number of phenolic OH excluding ortho intramolecular Hbond substituents is 1. The van der Waals surface area contributed by atoms with Gasteiger partial charge in [0.25, 0.3) is 5.91 Å². The molecule has 5 heteroatoms. The minimum atomic E-state index is -0.104. The van der Waals surface area contributed by atoms with Crippen molar-refractivity contribution in [3.8, 4) is 11.5 Å². The number of nitrogens with zero attached hydrogens (tertiary/aromatic N) is 1. The molecule has 3 N–H and O–H groups in total. The Morgan fingerprint density at radius 2 is 2.22 bits per heavy atom. The molecule has 1 aromatic rings. The zero-order chi connectivity index (χ0) is 13.3. The summed E-state index contributed by atoms with van der Waals surface area (Å²) in [5.41, 5.74) is 6.35. The van der Waals surface area contributed by atoms with Gasteiger partial charge in [0.05, 0.1) is 7.11 Å². The molecular formula is C13H18N2O3. The number of aromatic hydroxyl groups is 1. The number of rotatable bonds is 2. The molecule has 2 atom stereocenters. The van der Waals surface area contributed by atoms with E-state index in [1.807, 2.05) is 6.92 Å². The summed E-state index contributed by atoms with van der Waals surface area (Å²) in [4.78, 5) is 13.9. The van der Waals surface area contributed by atoms with Gasteiger partial charge >= 0.3 is 0 Å². The van der Waals surface area contributed by atoms with E-state index in [2.05, 4.69) is 0 Å². The van der Waals surface area contributed by atoms with Gasteiger partial charge in [0.1, 0.15) is 0 Å². The number of ether oxygens (including phenoxy) is 1. The van der Waals surface area contributed by atoms with Gasteiger partial charge in [-0.05, 0) is 24.1 Å². The third kappa shape index (κ3) is 2.26. The van der Waals surface area contributed by atoms with Crippen LogP contribution in [0.3, 0.4) is 0 Å². The largest absolute Gasteiger partial charge is 0.504 e. The zero-order valence-corrected chi connectivity index (χ0v) is 10.6. The van der Waals surface area contributed by atoms with Crippen LogP contribution in [0.15, 0.2) is 18.2 Å². The lowest BCUT2D eigenvalue weighted by atomic mass is 10.1. The molecule has 1 aliphatic rings. The number of carbonyl (C=O) groups excluding carboxylic acids is 1. The van der Waals surface area contributed by atoms with Crippen molar-refractivity contribution in [2.75, 3.05) is 20.2 Å². The van der Waals surface area contributed by atoms with Crippen molar-refractivity contribution < 1.29 is 14.6 Å². The Kier molecular flexibility index (Phi) is 3.43. The standard InChI is InChI=1S/C13H18N2O3/c1-8-6-15(7-10(8)14)13(17)9-3-4-12(18-2)11(16)5-9/h3-5,8,10,16H,6-7,14H2,1-2H3. The maximum Gasteiger partial charge on any atom is 0.254 e. The van der Waals surface area contributed by atoms with Crippen LogP contribution >= 0.6 is 0 Å². The lowest BCUT2D eigenvalue weighted by Gasteiger charge is -2.16. The van der Waals surface area contributed by atoms with E-state index in [9.17, 15) is 9.90 Å². The molecule has 1 heterocycles. The fourth-order valence-electron chi connectivity index (χ4n) is 2.16. The molecule has 0 saturated carbocycles. The molecule has 0 aliphatic carbocycles. The highest BCUT2D eigenvalue weighted by Gasteiger charge is 2.30. The Morgan fingerprint density at radius 3 is 2.72 bits per heavy atom. The normalized spacial score (nSPS) is 23.2. The van der Waals surface area contributed by atoms with E-state index in [1.165, 1.54) is 13.2 Å². The maximum atomic E-state index is 12.2. The van der Waals surface area contributed by atoms with E-state index < -0.39 is 0 Å². The molecule has 1 fully saturated rings. The molecule has 0 aromatic heterocycles. The Morgan fingerprint density at radius 1 is 1.50 bits per heavy atom. The lowest BCUT2D eigenvalue weighted by molar-refractivity contribution is 0.0786. The molecule has 5 nitrogen and oxygen atoms in total. The van der Waals surface area contributed by atoms with E-state index in [1.54, 1.807) is 17.0 Å². The van der Waals surface area contributed by atoms with Gasteiger partial charge in [-0.15, -0.1) is 0 Å². The molecular weight excluding hydrogens is 232 g/mol. The molecule has 98 valence electrons. The van der Waals surface area contributed by atoms with E-state index in [-0.39, 0.29) is 17.7 Å². The molecule has 2 rings (SSSR count). The van der Waals surface area contributed by atoms with Crippen molar-refractivity contribution in [2.24, 2.45) is 11.7 Å². The van der Waals surface area contributed by atoms with Crippen LogP contribution in [0.4, 0.5) is 0 Å². The van der Waals surface area contributed by atoms with Gasteiger partial charge in [-0.3, -0.25) is 4.79 Å². The molecule has 1 saturated heterocycles. The van der Waals surface area contributed by atoms with Crippen LogP contribution < -0.4 is 10.5 Å². The van der Waals surface area contributed by atoms with Crippen molar-refractivity contribution in [1.82, 2.24) is 4.90 Å². The zero-order valence-electron chi connectivity index (χ0n) is 10.6. The number of likely N-dealkylation sites (tertiary alicyclic amines) is 1. The highest BCUT2D eigenvalue weighted by molar-refractivity contribution is 5.95. The fourth-order valence-corrected chi connectivity index (χ4v) is 2.16. The van der Waals surface area contributed by atoms with Crippen molar-refractivity contribution in [3.05, 3.63) is 23.8 Å². The molecule has 0 spiro atoms. The molecule has 1 aromatic carbocycles. The average molecular weight is 250 g/mol. The molecule has 1 aliphatic heterocycles. The van der Waals surface area contributed by atoms with Crippen molar-refractivity contribution >= 4 is 5.91 Å². The summed E-state index contributed by atoms with van der Waals surface area (Å²) in [5, 5.41) is 9.67. The van der Waals surface area contributed by atoms with Crippen LogP contribution in [0.25, 0.3) is 0 Å². The average Bonchev–Trinajstić information content (AvgIpc) is 2.68. The third-order valence-electron chi connectivity index (χ3n) is 3.38. The monoisotopic (exact) mass is 250 g/mol. The van der Waals surface area contributed by atoms with E-state index in [0.29, 0.717) is 30.3 Å². The summed E-state index contributed by atoms with van der Waals surface area (Å²) in [7, 11) is 1.47. The fraction of sp³-hybridized carbons (Fsp3) is 0.462. The van der Waals surface area contributed by atoms with E-state index in [0.717, 1.165) is 0 Å². The van der Waals surface area contributed by atoms with Gasteiger partial charge in [0.15, 0.2) is 11.5 Å². The molecule has 1 amide bonds. The highest BCUT2D eigenvalue weighted by Crippen LogP contribution is 2.27. The number of phenols is 1. The van der Waals surface area contributed by atoms with Crippen molar-refractivity contribution in [1.29, 1.82) is 0 Å². The highest BCUT2D eigenvalue weighted by atomic mass is 16.5. The first-order valence-electron chi connectivity index (χ1n) is 5.94. The quantitative estimate of drug-likeness (QED) is 0.814. The van der Waals surface area contributed by atoms with Gasteiger partial charge < -0.3 is 20.5 Å². The topological polar surface area (TPSA) is 75.8 Å². The van der Waals surface area contributed by atoms with Crippen LogP contribution in [-0.2, 0) is 0 Å². The number of benzene rings is 1. The van der Waals surface area contributed by atoms with Gasteiger partial charge in [-0.2, -0.15) is 0 Å². The minimum Gasteiger partial charge on any atom is -0.504 e. The predicted octanol–water partition coefficient (Wildman–Crippen LogP) is 0.820.